The van der Waals surface area contributed by atoms with E-state index in [2.05, 4.69) is 41.0 Å². The fraction of sp³-hybridized carbons (Fsp3) is 0. The zero-order valence-corrected chi connectivity index (χ0v) is 26.7. The van der Waals surface area contributed by atoms with E-state index in [-0.39, 0.29) is 11.8 Å². The van der Waals surface area contributed by atoms with Crippen LogP contribution in [-0.2, 0) is 0 Å². The summed E-state index contributed by atoms with van der Waals surface area (Å²) in [5.74, 6) is -0.704. The lowest BCUT2D eigenvalue weighted by Gasteiger charge is -2.18. The lowest BCUT2D eigenvalue weighted by Crippen LogP contribution is -2.29. The molecule has 2 heterocycles. The predicted molar refractivity (Wildman–Crippen MR) is 199 cm³/mol. The second-order valence-corrected chi connectivity index (χ2v) is 12.4. The molecule has 1 aliphatic heterocycles. The van der Waals surface area contributed by atoms with E-state index in [0.29, 0.717) is 28.1 Å². The highest BCUT2D eigenvalue weighted by atomic mass is 16.2. The van der Waals surface area contributed by atoms with Gasteiger partial charge in [0.25, 0.3) is 11.8 Å². The number of anilines is 1. The van der Waals surface area contributed by atoms with Gasteiger partial charge < -0.3 is 4.57 Å². The third-order valence-corrected chi connectivity index (χ3v) is 9.54. The molecule has 0 saturated carbocycles. The van der Waals surface area contributed by atoms with Crippen molar-refractivity contribution in [1.29, 1.82) is 5.26 Å². The molecule has 0 atom stereocenters. The normalized spacial score (nSPS) is 12.4. The second kappa shape index (κ2) is 11.6. The molecule has 0 unspecified atom stereocenters. The van der Waals surface area contributed by atoms with Crippen LogP contribution in [0.2, 0.25) is 0 Å². The molecule has 50 heavy (non-hydrogen) atoms. The minimum atomic E-state index is -0.357. The van der Waals surface area contributed by atoms with Crippen LogP contribution in [0, 0.1) is 11.3 Å². The summed E-state index contributed by atoms with van der Waals surface area (Å²) in [4.78, 5) is 30.3. The van der Waals surface area contributed by atoms with Gasteiger partial charge in [0.2, 0.25) is 0 Å². The molecule has 0 bridgehead atoms. The Kier molecular flexibility index (Phi) is 6.75. The van der Waals surface area contributed by atoms with E-state index in [9.17, 15) is 14.9 Å². The summed E-state index contributed by atoms with van der Waals surface area (Å²) in [6.07, 6.45) is 0. The number of hydrogen-bond acceptors (Lipinski definition) is 3. The van der Waals surface area contributed by atoms with Crippen LogP contribution in [0.3, 0.4) is 0 Å². The maximum absolute atomic E-state index is 14.7. The van der Waals surface area contributed by atoms with Gasteiger partial charge in [-0.3, -0.25) is 9.59 Å². The Bertz CT molecular complexity index is 2630. The third kappa shape index (κ3) is 4.62. The van der Waals surface area contributed by atoms with Gasteiger partial charge in [-0.2, -0.15) is 5.26 Å². The van der Waals surface area contributed by atoms with Crippen LogP contribution in [0.4, 0.5) is 5.69 Å². The van der Waals surface area contributed by atoms with E-state index in [1.165, 1.54) is 4.90 Å². The van der Waals surface area contributed by atoms with Crippen LogP contribution < -0.4 is 4.90 Å². The standard InChI is InChI=1S/C45H27N3O2/c46-28-29-18-20-32(21-19-29)33-22-23-41-39(27-33)37-14-7-8-16-40(37)48(41)42-17-9-15-38-43(42)45(50)47(44(38)49)36-25-34(30-10-3-1-4-11-30)24-35(26-36)31-12-5-2-6-13-31/h1-27H. The number of para-hydroxylation sites is 1. The SMILES string of the molecule is N#Cc1ccc(-c2ccc3c(c2)c2ccccc2n3-c2cccc3c2C(=O)N(c2cc(-c4ccccc4)cc(-c4ccccc4)c2)C3=O)cc1. The highest BCUT2D eigenvalue weighted by molar-refractivity contribution is 6.36. The van der Waals surface area contributed by atoms with Gasteiger partial charge in [-0.15, -0.1) is 0 Å². The van der Waals surface area contributed by atoms with Crippen molar-refractivity contribution >= 4 is 39.3 Å². The Labute approximate surface area is 288 Å². The molecule has 1 aliphatic rings. The van der Waals surface area contributed by atoms with Crippen molar-refractivity contribution < 1.29 is 9.59 Å². The molecule has 0 aliphatic carbocycles. The number of nitriles is 1. The van der Waals surface area contributed by atoms with Crippen LogP contribution in [0.5, 0.6) is 0 Å². The molecular weight excluding hydrogens is 615 g/mol. The first kappa shape index (κ1) is 29.1. The number of nitrogens with zero attached hydrogens (tertiary/aromatic N) is 3. The molecule has 0 saturated heterocycles. The highest BCUT2D eigenvalue weighted by Gasteiger charge is 2.39. The van der Waals surface area contributed by atoms with E-state index in [1.807, 2.05) is 127 Å². The fourth-order valence-electron chi connectivity index (χ4n) is 7.17. The summed E-state index contributed by atoms with van der Waals surface area (Å²) in [5, 5.41) is 11.3. The number of aromatic nitrogens is 1. The first-order valence-electron chi connectivity index (χ1n) is 16.4. The van der Waals surface area contributed by atoms with Crippen molar-refractivity contribution in [2.24, 2.45) is 0 Å². The maximum atomic E-state index is 14.7. The first-order chi connectivity index (χ1) is 24.6. The van der Waals surface area contributed by atoms with Crippen LogP contribution in [0.1, 0.15) is 26.3 Å². The number of amides is 2. The summed E-state index contributed by atoms with van der Waals surface area (Å²) < 4.78 is 2.09. The zero-order chi connectivity index (χ0) is 33.8. The van der Waals surface area contributed by atoms with E-state index in [1.54, 1.807) is 6.07 Å². The molecule has 0 radical (unpaired) electrons. The Balaban J connectivity index is 1.21. The average molecular weight is 642 g/mol. The molecule has 2 amide bonds. The lowest BCUT2D eigenvalue weighted by atomic mass is 9.97. The molecular formula is C45H27N3O2. The minimum absolute atomic E-state index is 0.347. The number of hydrogen-bond donors (Lipinski definition) is 0. The molecule has 9 rings (SSSR count). The number of carbonyl (C=O) groups is 2. The largest absolute Gasteiger partial charge is 0.308 e. The predicted octanol–water partition coefficient (Wildman–Crippen LogP) is 10.5. The van der Waals surface area contributed by atoms with Gasteiger partial charge in [0.05, 0.1) is 45.2 Å². The summed E-state index contributed by atoms with van der Waals surface area (Å²) in [6, 6.07) is 55.6. The molecule has 5 nitrogen and oxygen atoms in total. The number of benzene rings is 7. The van der Waals surface area contributed by atoms with E-state index < -0.39 is 0 Å². The summed E-state index contributed by atoms with van der Waals surface area (Å²) in [5.41, 5.74) is 10.3. The van der Waals surface area contributed by atoms with Gasteiger partial charge in [0, 0.05) is 10.8 Å². The topological polar surface area (TPSA) is 66.1 Å². The Hall–Kier alpha value is -7.03. The van der Waals surface area contributed by atoms with Crippen molar-refractivity contribution in [1.82, 2.24) is 4.57 Å². The summed E-state index contributed by atoms with van der Waals surface area (Å²) in [6.45, 7) is 0. The van der Waals surface area contributed by atoms with E-state index in [4.69, 9.17) is 0 Å². The number of rotatable bonds is 5. The summed E-state index contributed by atoms with van der Waals surface area (Å²) in [7, 11) is 0. The average Bonchev–Trinajstić information content (AvgIpc) is 3.65. The van der Waals surface area contributed by atoms with Gasteiger partial charge >= 0.3 is 0 Å². The van der Waals surface area contributed by atoms with Crippen molar-refractivity contribution in [3.63, 3.8) is 0 Å². The van der Waals surface area contributed by atoms with Crippen LogP contribution in [-0.4, -0.2) is 16.4 Å². The van der Waals surface area contributed by atoms with Crippen molar-refractivity contribution in [3.8, 4) is 45.1 Å². The van der Waals surface area contributed by atoms with Gasteiger partial charge in [-0.25, -0.2) is 4.90 Å². The molecule has 7 aromatic carbocycles. The first-order valence-corrected chi connectivity index (χ1v) is 16.4. The highest BCUT2D eigenvalue weighted by Crippen LogP contribution is 2.40. The lowest BCUT2D eigenvalue weighted by molar-refractivity contribution is 0.0926. The number of imide groups is 1. The minimum Gasteiger partial charge on any atom is -0.308 e. The van der Waals surface area contributed by atoms with Gasteiger partial charge in [-0.1, -0.05) is 103 Å². The molecule has 0 spiro atoms. The maximum Gasteiger partial charge on any atom is 0.268 e. The van der Waals surface area contributed by atoms with Gasteiger partial charge in [0.15, 0.2) is 0 Å². The summed E-state index contributed by atoms with van der Waals surface area (Å²) >= 11 is 0. The third-order valence-electron chi connectivity index (χ3n) is 9.54. The van der Waals surface area contributed by atoms with E-state index in [0.717, 1.165) is 55.2 Å². The van der Waals surface area contributed by atoms with E-state index >= 15 is 0 Å². The zero-order valence-electron chi connectivity index (χ0n) is 26.7. The van der Waals surface area contributed by atoms with Gasteiger partial charge in [0.1, 0.15) is 0 Å². The number of fused-ring (bicyclic) bond motifs is 4. The smallest absolute Gasteiger partial charge is 0.268 e. The van der Waals surface area contributed by atoms with Crippen LogP contribution >= 0.6 is 0 Å². The molecule has 5 heteroatoms. The second-order valence-electron chi connectivity index (χ2n) is 12.4. The molecule has 0 N–H and O–H groups in total. The molecule has 1 aromatic heterocycles. The number of carbonyl (C=O) groups excluding carboxylic acids is 2. The Morgan fingerprint density at radius 3 is 1.74 bits per heavy atom. The van der Waals surface area contributed by atoms with Crippen molar-refractivity contribution in [2.75, 3.05) is 4.90 Å². The van der Waals surface area contributed by atoms with Gasteiger partial charge in [-0.05, 0) is 94.0 Å². The molecule has 8 aromatic rings. The van der Waals surface area contributed by atoms with Crippen LogP contribution in [0.15, 0.2) is 164 Å². The fourth-order valence-corrected chi connectivity index (χ4v) is 7.17. The monoisotopic (exact) mass is 641 g/mol. The Morgan fingerprint density at radius 2 is 1.06 bits per heavy atom. The molecule has 234 valence electrons. The molecule has 0 fully saturated rings. The van der Waals surface area contributed by atoms with Crippen molar-refractivity contribution in [2.45, 2.75) is 0 Å². The van der Waals surface area contributed by atoms with Crippen LogP contribution in [0.25, 0.3) is 60.9 Å². The van der Waals surface area contributed by atoms with Crippen molar-refractivity contribution in [3.05, 3.63) is 180 Å². The Morgan fingerprint density at radius 1 is 0.460 bits per heavy atom. The quantitative estimate of drug-likeness (QED) is 0.176.